The molecule has 1 aliphatic heterocycles. The predicted molar refractivity (Wildman–Crippen MR) is 96.5 cm³/mol. The molecule has 0 bridgehead atoms. The standard InChI is InChI=1S/C18H17F3N6O3/c1-25-13(16(29)27(4-5-28)17(25)30)8-26-9-22-15(24-26)11-6-12(10-2-3-10)23-14(7-11)18(19,20)21/h6-10,28H,2-5H2,1H3. The minimum Gasteiger partial charge on any atom is -0.395 e. The highest BCUT2D eigenvalue weighted by molar-refractivity contribution is 6.13. The number of carbonyl (C=O) groups is 2. The Hall–Kier alpha value is -3.28. The van der Waals surface area contributed by atoms with Crippen molar-refractivity contribution < 1.29 is 27.9 Å². The van der Waals surface area contributed by atoms with E-state index in [9.17, 15) is 22.8 Å². The Morgan fingerprint density at radius 3 is 2.63 bits per heavy atom. The van der Waals surface area contributed by atoms with Crippen LogP contribution in [0, 0.1) is 0 Å². The fourth-order valence-corrected chi connectivity index (χ4v) is 3.10. The van der Waals surface area contributed by atoms with Crippen LogP contribution in [-0.2, 0) is 11.0 Å². The molecule has 3 amide bonds. The first-order valence-electron chi connectivity index (χ1n) is 9.12. The first-order chi connectivity index (χ1) is 14.2. The zero-order chi connectivity index (χ0) is 21.6. The fourth-order valence-electron chi connectivity index (χ4n) is 3.10. The van der Waals surface area contributed by atoms with Gasteiger partial charge in [0, 0.05) is 24.2 Å². The Morgan fingerprint density at radius 2 is 2.00 bits per heavy atom. The number of β-amino-alcohol motifs (C(OH)–C–C–N with tert-alkyl or cyclic N) is 1. The number of imide groups is 1. The van der Waals surface area contributed by atoms with Crippen LogP contribution in [0.1, 0.15) is 30.1 Å². The third-order valence-electron chi connectivity index (χ3n) is 4.82. The highest BCUT2D eigenvalue weighted by Gasteiger charge is 2.39. The van der Waals surface area contributed by atoms with Crippen LogP contribution in [0.4, 0.5) is 18.0 Å². The molecule has 2 fully saturated rings. The summed E-state index contributed by atoms with van der Waals surface area (Å²) in [6.07, 6.45) is -0.544. The summed E-state index contributed by atoms with van der Waals surface area (Å²) in [5, 5.41) is 13.1. The summed E-state index contributed by atoms with van der Waals surface area (Å²) in [7, 11) is 1.39. The van der Waals surface area contributed by atoms with Crippen molar-refractivity contribution in [1.29, 1.82) is 0 Å². The lowest BCUT2D eigenvalue weighted by Crippen LogP contribution is -2.33. The molecule has 0 spiro atoms. The number of hydrogen-bond donors (Lipinski definition) is 1. The van der Waals surface area contributed by atoms with Crippen LogP contribution in [0.5, 0.6) is 0 Å². The molecule has 2 aromatic rings. The van der Waals surface area contributed by atoms with Crippen molar-refractivity contribution in [3.63, 3.8) is 0 Å². The van der Waals surface area contributed by atoms with Gasteiger partial charge >= 0.3 is 12.2 Å². The summed E-state index contributed by atoms with van der Waals surface area (Å²) in [5.74, 6) is -0.579. The third-order valence-corrected chi connectivity index (χ3v) is 4.82. The number of amides is 3. The van der Waals surface area contributed by atoms with E-state index in [0.29, 0.717) is 5.69 Å². The molecule has 3 heterocycles. The summed E-state index contributed by atoms with van der Waals surface area (Å²) in [4.78, 5) is 34.2. The first-order valence-corrected chi connectivity index (χ1v) is 9.12. The van der Waals surface area contributed by atoms with Crippen molar-refractivity contribution >= 4 is 18.1 Å². The highest BCUT2D eigenvalue weighted by atomic mass is 19.4. The molecule has 12 heteroatoms. The lowest BCUT2D eigenvalue weighted by Gasteiger charge is -2.10. The van der Waals surface area contributed by atoms with E-state index in [1.54, 1.807) is 6.07 Å². The van der Waals surface area contributed by atoms with E-state index >= 15 is 0 Å². The third kappa shape index (κ3) is 3.65. The SMILES string of the molecule is CN1C(=O)N(CCO)C(=O)C1=Cn1cnc(-c2cc(C3CC3)nc(C(F)(F)F)c2)n1. The molecule has 1 saturated carbocycles. The van der Waals surface area contributed by atoms with Crippen molar-refractivity contribution in [3.8, 4) is 11.4 Å². The van der Waals surface area contributed by atoms with Crippen molar-refractivity contribution in [2.24, 2.45) is 0 Å². The average molecular weight is 422 g/mol. The number of nitrogens with zero attached hydrogens (tertiary/aromatic N) is 6. The van der Waals surface area contributed by atoms with Gasteiger partial charge in [0.2, 0.25) is 0 Å². The average Bonchev–Trinajstić information content (AvgIpc) is 3.42. The number of aromatic nitrogens is 4. The van der Waals surface area contributed by atoms with Gasteiger partial charge in [-0.25, -0.2) is 19.4 Å². The highest BCUT2D eigenvalue weighted by Crippen LogP contribution is 2.41. The Balaban J connectivity index is 1.67. The molecule has 158 valence electrons. The largest absolute Gasteiger partial charge is 0.433 e. The van der Waals surface area contributed by atoms with Crippen molar-refractivity contribution in [3.05, 3.63) is 35.5 Å². The van der Waals surface area contributed by atoms with E-state index in [1.807, 2.05) is 0 Å². The Morgan fingerprint density at radius 1 is 1.27 bits per heavy atom. The molecule has 30 heavy (non-hydrogen) atoms. The van der Waals surface area contributed by atoms with E-state index in [4.69, 9.17) is 5.11 Å². The Bertz CT molecular complexity index is 1040. The number of aliphatic hydroxyl groups is 1. The number of urea groups is 1. The number of alkyl halides is 3. The molecule has 1 N–H and O–H groups in total. The van der Waals surface area contributed by atoms with Gasteiger partial charge < -0.3 is 5.11 Å². The second-order valence-corrected chi connectivity index (χ2v) is 7.02. The first kappa shape index (κ1) is 20.0. The van der Waals surface area contributed by atoms with E-state index in [0.717, 1.165) is 33.4 Å². The molecule has 9 nitrogen and oxygen atoms in total. The lowest BCUT2D eigenvalue weighted by molar-refractivity contribution is -0.141. The topological polar surface area (TPSA) is 104 Å². The van der Waals surface area contributed by atoms with Gasteiger partial charge in [-0.15, -0.1) is 5.10 Å². The predicted octanol–water partition coefficient (Wildman–Crippen LogP) is 1.92. The molecule has 0 atom stereocenters. The fraction of sp³-hybridized carbons (Fsp3) is 0.389. The number of halogens is 3. The molecular formula is C18H17F3N6O3. The van der Waals surface area contributed by atoms with Crippen LogP contribution in [-0.4, -0.2) is 66.8 Å². The second-order valence-electron chi connectivity index (χ2n) is 7.02. The molecular weight excluding hydrogens is 405 g/mol. The maximum absolute atomic E-state index is 13.2. The summed E-state index contributed by atoms with van der Waals surface area (Å²) >= 11 is 0. The van der Waals surface area contributed by atoms with Gasteiger partial charge in [0.15, 0.2) is 5.82 Å². The lowest BCUT2D eigenvalue weighted by atomic mass is 10.1. The molecule has 0 radical (unpaired) electrons. The number of carbonyl (C=O) groups excluding carboxylic acids is 2. The van der Waals surface area contributed by atoms with Gasteiger partial charge in [-0.05, 0) is 25.0 Å². The quantitative estimate of drug-likeness (QED) is 0.583. The number of pyridine rings is 1. The van der Waals surface area contributed by atoms with E-state index in [-0.39, 0.29) is 36.2 Å². The molecule has 2 aliphatic rings. The smallest absolute Gasteiger partial charge is 0.395 e. The minimum atomic E-state index is -4.60. The van der Waals surface area contributed by atoms with Crippen LogP contribution in [0.25, 0.3) is 17.6 Å². The van der Waals surface area contributed by atoms with Gasteiger partial charge in [-0.1, -0.05) is 0 Å². The maximum atomic E-state index is 13.2. The monoisotopic (exact) mass is 422 g/mol. The number of aliphatic hydroxyl groups excluding tert-OH is 1. The van der Waals surface area contributed by atoms with Crippen LogP contribution in [0.15, 0.2) is 24.2 Å². The molecule has 0 aromatic carbocycles. The molecule has 0 unspecified atom stereocenters. The zero-order valence-corrected chi connectivity index (χ0v) is 15.8. The summed E-state index contributed by atoms with van der Waals surface area (Å²) in [6, 6.07) is 1.83. The van der Waals surface area contributed by atoms with Gasteiger partial charge in [0.05, 0.1) is 19.4 Å². The van der Waals surface area contributed by atoms with Crippen molar-refractivity contribution in [1.82, 2.24) is 29.5 Å². The van der Waals surface area contributed by atoms with Crippen LogP contribution in [0.3, 0.4) is 0 Å². The summed E-state index contributed by atoms with van der Waals surface area (Å²) in [5.41, 5.74) is -0.493. The van der Waals surface area contributed by atoms with Gasteiger partial charge in [0.1, 0.15) is 17.7 Å². The van der Waals surface area contributed by atoms with Crippen LogP contribution >= 0.6 is 0 Å². The number of likely N-dealkylation sites (N-methyl/N-ethyl adjacent to an activating group) is 1. The maximum Gasteiger partial charge on any atom is 0.433 e. The van der Waals surface area contributed by atoms with Crippen LogP contribution < -0.4 is 0 Å². The summed E-state index contributed by atoms with van der Waals surface area (Å²) in [6.45, 7) is -0.526. The molecule has 2 aromatic heterocycles. The van der Waals surface area contributed by atoms with Crippen LogP contribution in [0.2, 0.25) is 0 Å². The molecule has 1 saturated heterocycles. The van der Waals surface area contributed by atoms with Gasteiger partial charge in [0.25, 0.3) is 5.91 Å². The van der Waals surface area contributed by atoms with E-state index in [2.05, 4.69) is 15.1 Å². The van der Waals surface area contributed by atoms with E-state index in [1.165, 1.54) is 19.6 Å². The van der Waals surface area contributed by atoms with Gasteiger partial charge in [-0.3, -0.25) is 14.6 Å². The van der Waals surface area contributed by atoms with Crippen molar-refractivity contribution in [2.45, 2.75) is 24.9 Å². The molecule has 1 aliphatic carbocycles. The van der Waals surface area contributed by atoms with Crippen molar-refractivity contribution in [2.75, 3.05) is 20.2 Å². The Labute approximate surface area is 168 Å². The van der Waals surface area contributed by atoms with Gasteiger partial charge in [-0.2, -0.15) is 13.2 Å². The number of hydrogen-bond acceptors (Lipinski definition) is 6. The number of rotatable bonds is 5. The minimum absolute atomic E-state index is 0.00327. The zero-order valence-electron chi connectivity index (χ0n) is 15.8. The Kier molecular flexibility index (Phi) is 4.80. The van der Waals surface area contributed by atoms with E-state index < -0.39 is 23.8 Å². The normalized spacial score (nSPS) is 18.8. The second kappa shape index (κ2) is 7.20. The summed E-state index contributed by atoms with van der Waals surface area (Å²) < 4.78 is 40.8. The molecule has 4 rings (SSSR count).